The van der Waals surface area contributed by atoms with Crippen molar-refractivity contribution in [3.63, 3.8) is 0 Å². The van der Waals surface area contributed by atoms with E-state index >= 15 is 0 Å². The molecule has 1 aliphatic heterocycles. The lowest BCUT2D eigenvalue weighted by atomic mass is 9.92. The predicted molar refractivity (Wildman–Crippen MR) is 64.7 cm³/mol. The van der Waals surface area contributed by atoms with Gasteiger partial charge in [-0.2, -0.15) is 0 Å². The third kappa shape index (κ3) is 4.00. The van der Waals surface area contributed by atoms with E-state index in [1.54, 1.807) is 0 Å². The van der Waals surface area contributed by atoms with E-state index in [0.717, 1.165) is 6.42 Å². The third-order valence-electron chi connectivity index (χ3n) is 3.13. The molecule has 0 aliphatic carbocycles. The van der Waals surface area contributed by atoms with Crippen LogP contribution in [0.5, 0.6) is 0 Å². The minimum atomic E-state index is -0.894. The Morgan fingerprint density at radius 3 is 2.65 bits per heavy atom. The van der Waals surface area contributed by atoms with Crippen molar-refractivity contribution in [2.75, 3.05) is 13.1 Å². The topological polar surface area (TPSA) is 69.6 Å². The van der Waals surface area contributed by atoms with E-state index in [-0.39, 0.29) is 18.5 Å². The SMILES string of the molecule is CC1CCN(C(=O)CNC(C)C)C(C(=O)O)C1. The minimum Gasteiger partial charge on any atom is -0.480 e. The molecule has 0 spiro atoms. The maximum atomic E-state index is 11.9. The number of carboxylic acid groups (broad SMARTS) is 1. The van der Waals surface area contributed by atoms with Crippen LogP contribution in [0.15, 0.2) is 0 Å². The van der Waals surface area contributed by atoms with Gasteiger partial charge in [-0.3, -0.25) is 4.79 Å². The van der Waals surface area contributed by atoms with Gasteiger partial charge in [-0.1, -0.05) is 20.8 Å². The Hall–Kier alpha value is -1.10. The number of hydrogen-bond donors (Lipinski definition) is 2. The summed E-state index contributed by atoms with van der Waals surface area (Å²) in [4.78, 5) is 24.6. The van der Waals surface area contributed by atoms with Gasteiger partial charge >= 0.3 is 5.97 Å². The van der Waals surface area contributed by atoms with E-state index in [9.17, 15) is 9.59 Å². The molecule has 1 heterocycles. The third-order valence-corrected chi connectivity index (χ3v) is 3.13. The molecule has 2 unspecified atom stereocenters. The summed E-state index contributed by atoms with van der Waals surface area (Å²) in [5.41, 5.74) is 0. The van der Waals surface area contributed by atoms with Crippen LogP contribution in [-0.2, 0) is 9.59 Å². The van der Waals surface area contributed by atoms with E-state index in [1.807, 2.05) is 20.8 Å². The lowest BCUT2D eigenvalue weighted by molar-refractivity contribution is -0.152. The summed E-state index contributed by atoms with van der Waals surface area (Å²) < 4.78 is 0. The number of aliphatic carboxylic acids is 1. The highest BCUT2D eigenvalue weighted by Crippen LogP contribution is 2.22. The van der Waals surface area contributed by atoms with Crippen molar-refractivity contribution in [3.05, 3.63) is 0 Å². The lowest BCUT2D eigenvalue weighted by Crippen LogP contribution is -2.52. The summed E-state index contributed by atoms with van der Waals surface area (Å²) in [6.45, 7) is 6.72. The zero-order valence-corrected chi connectivity index (χ0v) is 10.8. The normalized spacial score (nSPS) is 25.1. The first-order valence-corrected chi connectivity index (χ1v) is 6.17. The van der Waals surface area contributed by atoms with Gasteiger partial charge in [0.25, 0.3) is 0 Å². The van der Waals surface area contributed by atoms with E-state index in [1.165, 1.54) is 4.90 Å². The fourth-order valence-electron chi connectivity index (χ4n) is 2.07. The van der Waals surface area contributed by atoms with Gasteiger partial charge in [0.05, 0.1) is 6.54 Å². The van der Waals surface area contributed by atoms with E-state index in [2.05, 4.69) is 5.32 Å². The first-order chi connectivity index (χ1) is 7.91. The summed E-state index contributed by atoms with van der Waals surface area (Å²) in [6.07, 6.45) is 1.44. The van der Waals surface area contributed by atoms with Crippen LogP contribution in [0.1, 0.15) is 33.6 Å². The molecule has 0 aromatic carbocycles. The number of nitrogens with zero attached hydrogens (tertiary/aromatic N) is 1. The van der Waals surface area contributed by atoms with Gasteiger partial charge in [0.1, 0.15) is 6.04 Å². The maximum absolute atomic E-state index is 11.9. The molecule has 1 fully saturated rings. The van der Waals surface area contributed by atoms with Gasteiger partial charge in [-0.25, -0.2) is 4.79 Å². The Morgan fingerprint density at radius 1 is 1.47 bits per heavy atom. The first-order valence-electron chi connectivity index (χ1n) is 6.17. The molecular weight excluding hydrogens is 220 g/mol. The summed E-state index contributed by atoms with van der Waals surface area (Å²) in [7, 11) is 0. The van der Waals surface area contributed by atoms with Gasteiger partial charge in [-0.15, -0.1) is 0 Å². The van der Waals surface area contributed by atoms with E-state index < -0.39 is 12.0 Å². The maximum Gasteiger partial charge on any atom is 0.326 e. The molecule has 0 aromatic heterocycles. The Labute approximate surface area is 102 Å². The van der Waals surface area contributed by atoms with E-state index in [0.29, 0.717) is 18.9 Å². The fraction of sp³-hybridized carbons (Fsp3) is 0.833. The largest absolute Gasteiger partial charge is 0.480 e. The monoisotopic (exact) mass is 242 g/mol. The zero-order chi connectivity index (χ0) is 13.0. The van der Waals surface area contributed by atoms with Crippen LogP contribution in [0.25, 0.3) is 0 Å². The van der Waals surface area contributed by atoms with E-state index in [4.69, 9.17) is 5.11 Å². The fourth-order valence-corrected chi connectivity index (χ4v) is 2.07. The highest BCUT2D eigenvalue weighted by Gasteiger charge is 2.34. The molecule has 2 N–H and O–H groups in total. The van der Waals surface area contributed by atoms with Crippen LogP contribution < -0.4 is 5.32 Å². The smallest absolute Gasteiger partial charge is 0.326 e. The standard InChI is InChI=1S/C12H22N2O3/c1-8(2)13-7-11(15)14-5-4-9(3)6-10(14)12(16)17/h8-10,13H,4-7H2,1-3H3,(H,16,17). The predicted octanol–water partition coefficient (Wildman–Crippen LogP) is 0.696. The Bertz CT molecular complexity index is 291. The van der Waals surface area contributed by atoms with Gasteiger partial charge < -0.3 is 15.3 Å². The second kappa shape index (κ2) is 6.00. The van der Waals surface area contributed by atoms with Crippen LogP contribution in [0, 0.1) is 5.92 Å². The van der Waals surface area contributed by atoms with Crippen molar-refractivity contribution in [1.29, 1.82) is 0 Å². The van der Waals surface area contributed by atoms with Gasteiger partial charge in [-0.05, 0) is 18.8 Å². The number of hydrogen-bond acceptors (Lipinski definition) is 3. The molecule has 1 amide bonds. The molecule has 0 aromatic rings. The number of carbonyl (C=O) groups excluding carboxylic acids is 1. The van der Waals surface area contributed by atoms with Gasteiger partial charge in [0.15, 0.2) is 0 Å². The number of nitrogens with one attached hydrogen (secondary N) is 1. The second-order valence-electron chi connectivity index (χ2n) is 5.11. The van der Waals surface area contributed by atoms with Crippen molar-refractivity contribution in [2.45, 2.75) is 45.7 Å². The molecule has 5 heteroatoms. The summed E-state index contributed by atoms with van der Waals surface area (Å²) in [5, 5.41) is 12.2. The number of likely N-dealkylation sites (tertiary alicyclic amines) is 1. The van der Waals surface area contributed by atoms with Crippen molar-refractivity contribution in [1.82, 2.24) is 10.2 Å². The molecule has 5 nitrogen and oxygen atoms in total. The van der Waals surface area contributed by atoms with Crippen LogP contribution in [-0.4, -0.2) is 47.1 Å². The van der Waals surface area contributed by atoms with Crippen molar-refractivity contribution in [3.8, 4) is 0 Å². The molecule has 17 heavy (non-hydrogen) atoms. The molecule has 0 radical (unpaired) electrons. The Kier molecular flexibility index (Phi) is 4.93. The van der Waals surface area contributed by atoms with Gasteiger partial charge in [0.2, 0.25) is 5.91 Å². The van der Waals surface area contributed by atoms with Crippen molar-refractivity contribution >= 4 is 11.9 Å². The van der Waals surface area contributed by atoms with Crippen LogP contribution in [0.3, 0.4) is 0 Å². The lowest BCUT2D eigenvalue weighted by Gasteiger charge is -2.36. The summed E-state index contributed by atoms with van der Waals surface area (Å²) in [6, 6.07) is -0.425. The molecule has 2 atom stereocenters. The van der Waals surface area contributed by atoms with Crippen LogP contribution in [0.2, 0.25) is 0 Å². The summed E-state index contributed by atoms with van der Waals surface area (Å²) in [5.74, 6) is -0.634. The minimum absolute atomic E-state index is 0.113. The highest BCUT2D eigenvalue weighted by atomic mass is 16.4. The number of rotatable bonds is 4. The average molecular weight is 242 g/mol. The molecule has 0 saturated carbocycles. The van der Waals surface area contributed by atoms with Crippen LogP contribution >= 0.6 is 0 Å². The number of carboxylic acids is 1. The summed E-state index contributed by atoms with van der Waals surface area (Å²) >= 11 is 0. The molecule has 1 rings (SSSR count). The molecule has 0 bridgehead atoms. The molecular formula is C12H22N2O3. The van der Waals surface area contributed by atoms with Crippen molar-refractivity contribution in [2.24, 2.45) is 5.92 Å². The van der Waals surface area contributed by atoms with Gasteiger partial charge in [0, 0.05) is 12.6 Å². The number of carbonyl (C=O) groups is 2. The zero-order valence-electron chi connectivity index (χ0n) is 10.8. The molecule has 1 aliphatic rings. The number of amides is 1. The quantitative estimate of drug-likeness (QED) is 0.761. The average Bonchev–Trinajstić information content (AvgIpc) is 2.25. The second-order valence-corrected chi connectivity index (χ2v) is 5.11. The molecule has 1 saturated heterocycles. The Morgan fingerprint density at radius 2 is 2.12 bits per heavy atom. The highest BCUT2D eigenvalue weighted by molar-refractivity contribution is 5.85. The first kappa shape index (κ1) is 14.0. The molecule has 98 valence electrons. The van der Waals surface area contributed by atoms with Crippen LogP contribution in [0.4, 0.5) is 0 Å². The number of piperidine rings is 1. The Balaban J connectivity index is 2.60. The van der Waals surface area contributed by atoms with Crippen molar-refractivity contribution < 1.29 is 14.7 Å².